The van der Waals surface area contributed by atoms with E-state index in [1.54, 1.807) is 6.08 Å². The van der Waals surface area contributed by atoms with Crippen molar-refractivity contribution in [1.82, 2.24) is 5.32 Å². The number of amides is 1. The maximum Gasteiger partial charge on any atom is 0.268 e. The van der Waals surface area contributed by atoms with E-state index in [0.29, 0.717) is 17.4 Å². The average Bonchev–Trinajstić information content (AvgIpc) is 3.42. The largest absolute Gasteiger partial charge is 0.756 e. The minimum absolute atomic E-state index is 0.00766. The summed E-state index contributed by atoms with van der Waals surface area (Å²) < 4.78 is 23.5. The van der Waals surface area contributed by atoms with Crippen LogP contribution in [0.1, 0.15) is 418 Å². The van der Waals surface area contributed by atoms with Crippen LogP contribution in [0, 0.1) is 0 Å². The van der Waals surface area contributed by atoms with Gasteiger partial charge in [0.05, 0.1) is 39.9 Å². The van der Waals surface area contributed by atoms with Crippen molar-refractivity contribution in [3.8, 4) is 0 Å². The molecule has 9 heteroatoms. The lowest BCUT2D eigenvalue weighted by Gasteiger charge is -2.29. The summed E-state index contributed by atoms with van der Waals surface area (Å²) in [5.74, 6) is -0.203. The number of likely N-dealkylation sites (N-methyl/N-ethyl adjacent to an activating group) is 1. The molecular weight excluding hydrogens is 1140 g/mol. The second kappa shape index (κ2) is 72.7. The molecule has 3 atom stereocenters. The van der Waals surface area contributed by atoms with E-state index in [-0.39, 0.29) is 12.5 Å². The summed E-state index contributed by atoms with van der Waals surface area (Å²) in [5, 5.41) is 14.0. The highest BCUT2D eigenvalue weighted by Crippen LogP contribution is 2.38. The van der Waals surface area contributed by atoms with Crippen molar-refractivity contribution in [3.05, 3.63) is 48.6 Å². The summed E-state index contributed by atoms with van der Waals surface area (Å²) in [6.45, 7) is 4.68. The quantitative estimate of drug-likeness (QED) is 0.0272. The lowest BCUT2D eigenvalue weighted by Crippen LogP contribution is -2.45. The molecule has 0 bridgehead atoms. The van der Waals surface area contributed by atoms with Gasteiger partial charge in [0.15, 0.2) is 0 Å². The molecule has 0 heterocycles. The van der Waals surface area contributed by atoms with E-state index in [1.165, 1.54) is 353 Å². The van der Waals surface area contributed by atoms with Crippen LogP contribution < -0.4 is 10.2 Å². The minimum atomic E-state index is -4.62. The zero-order valence-electron chi connectivity index (χ0n) is 61.8. The molecule has 0 aromatic carbocycles. The lowest BCUT2D eigenvalue weighted by molar-refractivity contribution is -0.870. The third-order valence-corrected chi connectivity index (χ3v) is 19.7. The zero-order chi connectivity index (χ0) is 66.2. The van der Waals surface area contributed by atoms with E-state index >= 15 is 0 Å². The van der Waals surface area contributed by atoms with Gasteiger partial charge in [-0.25, -0.2) is 0 Å². The first kappa shape index (κ1) is 89.5. The molecule has 91 heavy (non-hydrogen) atoms. The van der Waals surface area contributed by atoms with E-state index in [4.69, 9.17) is 9.05 Å². The highest BCUT2D eigenvalue weighted by Gasteiger charge is 2.23. The summed E-state index contributed by atoms with van der Waals surface area (Å²) in [5.41, 5.74) is 0. The van der Waals surface area contributed by atoms with Crippen LogP contribution in [-0.4, -0.2) is 68.5 Å². The van der Waals surface area contributed by atoms with Crippen molar-refractivity contribution in [2.75, 3.05) is 40.9 Å². The second-order valence-electron chi connectivity index (χ2n) is 29.1. The lowest BCUT2D eigenvalue weighted by atomic mass is 10.0. The van der Waals surface area contributed by atoms with Crippen molar-refractivity contribution in [1.29, 1.82) is 0 Å². The molecule has 0 aromatic rings. The first-order chi connectivity index (χ1) is 44.5. The van der Waals surface area contributed by atoms with Crippen LogP contribution in [0.4, 0.5) is 0 Å². The van der Waals surface area contributed by atoms with E-state index in [1.807, 2.05) is 27.2 Å². The summed E-state index contributed by atoms with van der Waals surface area (Å²) in [4.78, 5) is 25.7. The van der Waals surface area contributed by atoms with Crippen LogP contribution in [0.15, 0.2) is 48.6 Å². The van der Waals surface area contributed by atoms with Crippen molar-refractivity contribution < 1.29 is 32.9 Å². The molecule has 0 spiro atoms. The summed E-state index contributed by atoms with van der Waals surface area (Å²) in [6.07, 6.45) is 100. The number of allylic oxidation sites excluding steroid dienone is 7. The maximum absolute atomic E-state index is 13.1. The molecule has 0 aliphatic carbocycles. The number of hydrogen-bond acceptors (Lipinski definition) is 6. The molecule has 8 nitrogen and oxygen atoms in total. The highest BCUT2D eigenvalue weighted by molar-refractivity contribution is 7.45. The molecular formula is C82H159N2O6P. The normalized spacial score (nSPS) is 13.7. The van der Waals surface area contributed by atoms with Crippen molar-refractivity contribution in [3.63, 3.8) is 0 Å². The van der Waals surface area contributed by atoms with Crippen LogP contribution in [0.5, 0.6) is 0 Å². The van der Waals surface area contributed by atoms with Gasteiger partial charge >= 0.3 is 0 Å². The molecule has 0 aromatic heterocycles. The number of aliphatic hydroxyl groups is 1. The summed E-state index contributed by atoms with van der Waals surface area (Å²) in [6, 6.07) is -0.912. The Bertz CT molecular complexity index is 1630. The van der Waals surface area contributed by atoms with Crippen LogP contribution >= 0.6 is 7.82 Å². The van der Waals surface area contributed by atoms with Crippen molar-refractivity contribution >= 4 is 13.7 Å². The smallest absolute Gasteiger partial charge is 0.268 e. The Labute approximate surface area is 569 Å². The molecule has 0 rings (SSSR count). The Morgan fingerprint density at radius 2 is 0.615 bits per heavy atom. The molecule has 0 aliphatic rings. The molecule has 0 fully saturated rings. The van der Waals surface area contributed by atoms with Gasteiger partial charge in [0.2, 0.25) is 5.91 Å². The number of aliphatic hydroxyl groups excluding tert-OH is 1. The van der Waals surface area contributed by atoms with E-state index in [9.17, 15) is 19.4 Å². The molecule has 0 saturated heterocycles. The van der Waals surface area contributed by atoms with Gasteiger partial charge in [0.1, 0.15) is 13.2 Å². The highest BCUT2D eigenvalue weighted by atomic mass is 31.2. The number of phosphoric acid groups is 1. The van der Waals surface area contributed by atoms with Gasteiger partial charge in [0, 0.05) is 6.42 Å². The molecule has 0 saturated carbocycles. The predicted molar refractivity (Wildman–Crippen MR) is 399 cm³/mol. The number of nitrogens with zero attached hydrogens (tertiary/aromatic N) is 1. The fourth-order valence-electron chi connectivity index (χ4n) is 12.5. The Kier molecular flexibility index (Phi) is 71.5. The third kappa shape index (κ3) is 75.7. The Balaban J connectivity index is 3.99. The number of hydrogen-bond donors (Lipinski definition) is 2. The van der Waals surface area contributed by atoms with Gasteiger partial charge in [-0.15, -0.1) is 0 Å². The number of nitrogens with one attached hydrogen (secondary N) is 1. The molecule has 538 valence electrons. The van der Waals surface area contributed by atoms with Gasteiger partial charge in [-0.2, -0.15) is 0 Å². The fourth-order valence-corrected chi connectivity index (χ4v) is 13.2. The average molecular weight is 1300 g/mol. The van der Waals surface area contributed by atoms with Gasteiger partial charge < -0.3 is 28.8 Å². The van der Waals surface area contributed by atoms with Crippen molar-refractivity contribution in [2.24, 2.45) is 0 Å². The molecule has 0 aliphatic heterocycles. The number of carbonyl (C=O) groups is 1. The Morgan fingerprint density at radius 1 is 0.374 bits per heavy atom. The first-order valence-electron chi connectivity index (χ1n) is 40.5. The summed E-state index contributed by atoms with van der Waals surface area (Å²) in [7, 11) is 1.25. The number of unbranched alkanes of at least 4 members (excludes halogenated alkanes) is 57. The van der Waals surface area contributed by atoms with E-state index in [2.05, 4.69) is 55.6 Å². The second-order valence-corrected chi connectivity index (χ2v) is 30.5. The van der Waals surface area contributed by atoms with Crippen LogP contribution in [-0.2, 0) is 18.4 Å². The fraction of sp³-hybridized carbons (Fsp3) is 0.890. The van der Waals surface area contributed by atoms with Gasteiger partial charge in [-0.3, -0.25) is 9.36 Å². The first-order valence-corrected chi connectivity index (χ1v) is 42.0. The number of rotatable bonds is 76. The van der Waals surface area contributed by atoms with Crippen LogP contribution in [0.3, 0.4) is 0 Å². The molecule has 0 radical (unpaired) electrons. The van der Waals surface area contributed by atoms with Gasteiger partial charge in [0.25, 0.3) is 7.82 Å². The van der Waals surface area contributed by atoms with Gasteiger partial charge in [-0.05, 0) is 70.6 Å². The number of quaternary nitrogens is 1. The van der Waals surface area contributed by atoms with Crippen molar-refractivity contribution in [2.45, 2.75) is 431 Å². The van der Waals surface area contributed by atoms with E-state index < -0.39 is 26.6 Å². The monoisotopic (exact) mass is 1300 g/mol. The summed E-state index contributed by atoms with van der Waals surface area (Å²) >= 11 is 0. The molecule has 2 N–H and O–H groups in total. The Morgan fingerprint density at radius 3 is 0.890 bits per heavy atom. The van der Waals surface area contributed by atoms with Crippen LogP contribution in [0.25, 0.3) is 0 Å². The van der Waals surface area contributed by atoms with Crippen LogP contribution in [0.2, 0.25) is 0 Å². The Hall–Kier alpha value is -1.54. The number of phosphoric ester groups is 1. The molecule has 1 amide bonds. The van der Waals surface area contributed by atoms with Gasteiger partial charge in [-0.1, -0.05) is 390 Å². The topological polar surface area (TPSA) is 108 Å². The third-order valence-electron chi connectivity index (χ3n) is 18.7. The minimum Gasteiger partial charge on any atom is -0.756 e. The predicted octanol–water partition coefficient (Wildman–Crippen LogP) is 25.9. The SMILES string of the molecule is CCCCCCCCCC/C=C\CCCCCCCCCCCCCCCCCCCCCCCCCCCC(=O)NC(COP(=O)([O-])OCC[N+](C)(C)C)C(O)/C=C/CC/C=C/CC/C=C/CCCCCCCCCCCCCCCCCCCCCCCC. The standard InChI is InChI=1S/C82H159N2O6P/c1-6-8-10-12-14-16-18-20-22-24-26-28-30-32-34-36-38-40-41-42-43-44-46-48-50-52-54-56-58-60-62-64-66-68-70-72-74-76-82(86)83-80(79-90-91(87,88)89-78-77-84(3,4)5)81(85)75-73-71-69-67-65-63-61-59-57-55-53-51-49-47-45-39-37-35-33-31-29-27-25-23-21-19-17-15-13-11-9-7-2/h24,26,57,59,65,67,73,75,80-81,85H,6-23,25,27-56,58,60-64,66,68-72,74,76-79H2,1-5H3,(H-,83,86,87,88)/b26-24-,59-57+,67-65+,75-73+. The van der Waals surface area contributed by atoms with E-state index in [0.717, 1.165) is 44.9 Å². The zero-order valence-corrected chi connectivity index (χ0v) is 62.7. The maximum atomic E-state index is 13.1. The number of carbonyl (C=O) groups excluding carboxylic acids is 1. The molecule has 3 unspecified atom stereocenters.